The van der Waals surface area contributed by atoms with E-state index >= 15 is 0 Å². The van der Waals surface area contributed by atoms with Crippen LogP contribution in [0.25, 0.3) is 0 Å². The van der Waals surface area contributed by atoms with Crippen LogP contribution in [0, 0.1) is 5.92 Å². The van der Waals surface area contributed by atoms with Crippen molar-refractivity contribution in [1.82, 2.24) is 4.90 Å². The summed E-state index contributed by atoms with van der Waals surface area (Å²) >= 11 is 4.09. The first kappa shape index (κ1) is 12.3. The molecule has 0 aromatic heterocycles. The molecule has 4 heteroatoms. The van der Waals surface area contributed by atoms with Gasteiger partial charge in [0.15, 0.2) is 0 Å². The molecule has 1 aliphatic heterocycles. The number of methoxy groups -OCH3 is 1. The highest BCUT2D eigenvalue weighted by Crippen LogP contribution is 2.15. The van der Waals surface area contributed by atoms with Gasteiger partial charge in [0.05, 0.1) is 19.8 Å². The van der Waals surface area contributed by atoms with Crippen molar-refractivity contribution >= 4 is 12.6 Å². The third-order valence-corrected chi connectivity index (χ3v) is 2.74. The molecule has 1 saturated heterocycles. The quantitative estimate of drug-likeness (QED) is 0.508. The lowest BCUT2D eigenvalue weighted by Crippen LogP contribution is -2.26. The van der Waals surface area contributed by atoms with Crippen molar-refractivity contribution < 1.29 is 9.47 Å². The fourth-order valence-electron chi connectivity index (χ4n) is 1.85. The molecule has 0 N–H and O–H groups in total. The van der Waals surface area contributed by atoms with E-state index in [-0.39, 0.29) is 0 Å². The second-order valence-corrected chi connectivity index (χ2v) is 4.19. The monoisotopic (exact) mass is 219 g/mol. The summed E-state index contributed by atoms with van der Waals surface area (Å²) in [5.41, 5.74) is 0. The first-order chi connectivity index (χ1) is 6.86. The third-order valence-electron chi connectivity index (χ3n) is 2.56. The molecule has 1 fully saturated rings. The summed E-state index contributed by atoms with van der Waals surface area (Å²) in [5.74, 6) is 1.54. The van der Waals surface area contributed by atoms with Crippen molar-refractivity contribution in [2.24, 2.45) is 5.92 Å². The van der Waals surface area contributed by atoms with Crippen molar-refractivity contribution in [3.05, 3.63) is 0 Å². The molecule has 1 heterocycles. The van der Waals surface area contributed by atoms with Crippen LogP contribution in [0.3, 0.4) is 0 Å². The van der Waals surface area contributed by atoms with Gasteiger partial charge < -0.3 is 14.4 Å². The van der Waals surface area contributed by atoms with Gasteiger partial charge in [-0.2, -0.15) is 12.6 Å². The second kappa shape index (κ2) is 7.51. The summed E-state index contributed by atoms with van der Waals surface area (Å²) in [5, 5.41) is 0. The van der Waals surface area contributed by atoms with E-state index < -0.39 is 0 Å². The maximum absolute atomic E-state index is 5.39. The molecular weight excluding hydrogens is 198 g/mol. The van der Waals surface area contributed by atoms with Gasteiger partial charge in [-0.25, -0.2) is 0 Å². The predicted molar refractivity (Wildman–Crippen MR) is 61.1 cm³/mol. The number of nitrogens with zero attached hydrogens (tertiary/aromatic N) is 1. The predicted octanol–water partition coefficient (Wildman–Crippen LogP) is 0.901. The van der Waals surface area contributed by atoms with Crippen LogP contribution in [0.4, 0.5) is 0 Å². The normalized spacial score (nSPS) is 23.1. The first-order valence-corrected chi connectivity index (χ1v) is 5.90. The Balaban J connectivity index is 1.98. The molecule has 0 amide bonds. The molecule has 84 valence electrons. The van der Waals surface area contributed by atoms with Gasteiger partial charge in [0.1, 0.15) is 0 Å². The van der Waals surface area contributed by atoms with Crippen molar-refractivity contribution in [3.63, 3.8) is 0 Å². The van der Waals surface area contributed by atoms with E-state index in [0.717, 1.165) is 44.6 Å². The van der Waals surface area contributed by atoms with Gasteiger partial charge in [-0.1, -0.05) is 0 Å². The Morgan fingerprint density at radius 1 is 1.43 bits per heavy atom. The summed E-state index contributed by atoms with van der Waals surface area (Å²) in [6, 6.07) is 0. The molecule has 3 nitrogen and oxygen atoms in total. The number of ether oxygens (including phenoxy) is 2. The van der Waals surface area contributed by atoms with Gasteiger partial charge in [0, 0.05) is 26.0 Å². The average Bonchev–Trinajstić information content (AvgIpc) is 2.61. The molecule has 0 spiro atoms. The van der Waals surface area contributed by atoms with Gasteiger partial charge in [-0.05, 0) is 18.9 Å². The Labute approximate surface area is 92.2 Å². The lowest BCUT2D eigenvalue weighted by atomic mass is 10.1. The molecule has 1 rings (SSSR count). The maximum atomic E-state index is 5.39. The lowest BCUT2D eigenvalue weighted by Gasteiger charge is -2.15. The lowest BCUT2D eigenvalue weighted by molar-refractivity contribution is 0.117. The van der Waals surface area contributed by atoms with Gasteiger partial charge in [-0.3, -0.25) is 0 Å². The highest BCUT2D eigenvalue weighted by molar-refractivity contribution is 7.80. The minimum absolute atomic E-state index is 0.727. The molecule has 0 aliphatic carbocycles. The van der Waals surface area contributed by atoms with E-state index in [2.05, 4.69) is 17.5 Å². The van der Waals surface area contributed by atoms with Crippen LogP contribution in [-0.4, -0.2) is 57.2 Å². The Morgan fingerprint density at radius 3 is 3.00 bits per heavy atom. The molecule has 14 heavy (non-hydrogen) atoms. The topological polar surface area (TPSA) is 21.7 Å². The number of rotatable bonds is 7. The second-order valence-electron chi connectivity index (χ2n) is 3.75. The minimum Gasteiger partial charge on any atom is -0.384 e. The van der Waals surface area contributed by atoms with Crippen LogP contribution in [0.2, 0.25) is 0 Å². The minimum atomic E-state index is 0.727. The summed E-state index contributed by atoms with van der Waals surface area (Å²) in [6.45, 7) is 5.90. The number of hydrogen-bond acceptors (Lipinski definition) is 4. The molecule has 0 saturated carbocycles. The zero-order valence-electron chi connectivity index (χ0n) is 8.95. The summed E-state index contributed by atoms with van der Waals surface area (Å²) < 4.78 is 10.5. The number of hydrogen-bond donors (Lipinski definition) is 1. The van der Waals surface area contributed by atoms with Crippen LogP contribution < -0.4 is 0 Å². The Bertz CT molecular complexity index is 146. The van der Waals surface area contributed by atoms with Gasteiger partial charge in [-0.15, -0.1) is 0 Å². The van der Waals surface area contributed by atoms with E-state index in [1.165, 1.54) is 13.0 Å². The maximum Gasteiger partial charge on any atom is 0.0593 e. The molecule has 0 aromatic rings. The molecule has 0 bridgehead atoms. The van der Waals surface area contributed by atoms with Gasteiger partial charge in [0.2, 0.25) is 0 Å². The highest BCUT2D eigenvalue weighted by Gasteiger charge is 2.21. The number of likely N-dealkylation sites (tertiary alicyclic amines) is 1. The molecule has 1 aliphatic rings. The molecular formula is C10H21NO2S. The Kier molecular flexibility index (Phi) is 6.60. The van der Waals surface area contributed by atoms with E-state index in [1.807, 2.05) is 0 Å². The van der Waals surface area contributed by atoms with Crippen molar-refractivity contribution in [1.29, 1.82) is 0 Å². The summed E-state index contributed by atoms with van der Waals surface area (Å²) in [6.07, 6.45) is 1.26. The Hall–Kier alpha value is 0.230. The van der Waals surface area contributed by atoms with E-state index in [0.29, 0.717) is 0 Å². The fourth-order valence-corrected chi connectivity index (χ4v) is 1.98. The summed E-state index contributed by atoms with van der Waals surface area (Å²) in [4.78, 5) is 2.45. The largest absolute Gasteiger partial charge is 0.384 e. The highest BCUT2D eigenvalue weighted by atomic mass is 32.1. The van der Waals surface area contributed by atoms with Crippen LogP contribution in [0.15, 0.2) is 0 Å². The van der Waals surface area contributed by atoms with Crippen molar-refractivity contribution in [3.8, 4) is 0 Å². The molecule has 0 radical (unpaired) electrons. The first-order valence-electron chi connectivity index (χ1n) is 5.26. The summed E-state index contributed by atoms with van der Waals surface area (Å²) in [7, 11) is 1.78. The standard InChI is InChI=1S/C10H21NO2S/c1-12-9-10-2-3-11(8-10)4-5-13-6-7-14/h10,14H,2-9H2,1H3. The smallest absolute Gasteiger partial charge is 0.0593 e. The molecule has 1 unspecified atom stereocenters. The van der Waals surface area contributed by atoms with Crippen LogP contribution in [0.5, 0.6) is 0 Å². The van der Waals surface area contributed by atoms with Crippen LogP contribution in [0.1, 0.15) is 6.42 Å². The zero-order chi connectivity index (χ0) is 10.2. The Morgan fingerprint density at radius 2 is 2.29 bits per heavy atom. The molecule has 0 aromatic carbocycles. The van der Waals surface area contributed by atoms with Crippen molar-refractivity contribution in [2.45, 2.75) is 6.42 Å². The SMILES string of the molecule is COCC1CCN(CCOCCS)C1. The third kappa shape index (κ3) is 4.64. The van der Waals surface area contributed by atoms with Crippen LogP contribution >= 0.6 is 12.6 Å². The van der Waals surface area contributed by atoms with E-state index in [4.69, 9.17) is 9.47 Å². The van der Waals surface area contributed by atoms with Crippen LogP contribution in [-0.2, 0) is 9.47 Å². The molecule has 1 atom stereocenters. The van der Waals surface area contributed by atoms with Gasteiger partial charge >= 0.3 is 0 Å². The van der Waals surface area contributed by atoms with Crippen molar-refractivity contribution in [2.75, 3.05) is 52.3 Å². The van der Waals surface area contributed by atoms with E-state index in [1.54, 1.807) is 7.11 Å². The average molecular weight is 219 g/mol. The van der Waals surface area contributed by atoms with E-state index in [9.17, 15) is 0 Å². The fraction of sp³-hybridized carbons (Fsp3) is 1.00. The number of thiol groups is 1. The van der Waals surface area contributed by atoms with Gasteiger partial charge in [0.25, 0.3) is 0 Å². The zero-order valence-corrected chi connectivity index (χ0v) is 9.84.